The molecule has 2 rings (SSSR count). The molecule has 0 spiro atoms. The molecule has 1 N–H and O–H groups in total. The Labute approximate surface area is 103 Å². The largest absolute Gasteiger partial charge is 0.480 e. The number of carboxylic acid groups (broad SMARTS) is 1. The van der Waals surface area contributed by atoms with Crippen molar-refractivity contribution in [3.8, 4) is 0 Å². The number of carbonyl (C=O) groups excluding carboxylic acids is 1. The van der Waals surface area contributed by atoms with Gasteiger partial charge in [-0.1, -0.05) is 6.08 Å². The van der Waals surface area contributed by atoms with E-state index in [1.54, 1.807) is 6.08 Å². The summed E-state index contributed by atoms with van der Waals surface area (Å²) in [5.74, 6) is -2.95. The Hall–Kier alpha value is -1.27. The molecule has 1 aromatic rings. The molecule has 0 radical (unpaired) electrons. The van der Waals surface area contributed by atoms with E-state index in [-0.39, 0.29) is 0 Å². The topological polar surface area (TPSA) is 66.7 Å². The van der Waals surface area contributed by atoms with Crippen molar-refractivity contribution in [3.63, 3.8) is 0 Å². The molecule has 1 unspecified atom stereocenters. The first-order chi connectivity index (χ1) is 7.58. The molecule has 1 atom stereocenters. The maximum absolute atomic E-state index is 11.4. The number of halogens is 1. The smallest absolute Gasteiger partial charge is 0.320 e. The van der Waals surface area contributed by atoms with Crippen molar-refractivity contribution in [3.05, 3.63) is 32.9 Å². The van der Waals surface area contributed by atoms with E-state index in [1.807, 2.05) is 12.1 Å². The Morgan fingerprint density at radius 3 is 2.75 bits per heavy atom. The molecule has 4 nitrogen and oxygen atoms in total. The zero-order valence-corrected chi connectivity index (χ0v) is 10.3. The van der Waals surface area contributed by atoms with Crippen molar-refractivity contribution < 1.29 is 14.7 Å². The van der Waals surface area contributed by atoms with Gasteiger partial charge in [0.1, 0.15) is 0 Å². The summed E-state index contributed by atoms with van der Waals surface area (Å²) >= 11 is 4.75. The Morgan fingerprint density at radius 2 is 2.25 bits per heavy atom. The molecule has 6 heteroatoms. The summed E-state index contributed by atoms with van der Waals surface area (Å²) in [5.41, 5.74) is 0.512. The summed E-state index contributed by atoms with van der Waals surface area (Å²) < 4.78 is 0.936. The van der Waals surface area contributed by atoms with Gasteiger partial charge >= 0.3 is 5.97 Å². The third-order valence-corrected chi connectivity index (χ3v) is 3.68. The van der Waals surface area contributed by atoms with Crippen molar-refractivity contribution in [1.82, 2.24) is 0 Å². The van der Waals surface area contributed by atoms with Crippen LogP contribution in [-0.4, -0.2) is 22.7 Å². The van der Waals surface area contributed by atoms with E-state index in [1.165, 1.54) is 17.4 Å². The van der Waals surface area contributed by atoms with Crippen LogP contribution in [0.3, 0.4) is 0 Å². The van der Waals surface area contributed by atoms with Crippen molar-refractivity contribution in [2.45, 2.75) is 0 Å². The molecule has 1 aromatic heterocycles. The average molecular weight is 300 g/mol. The molecule has 1 amide bonds. The van der Waals surface area contributed by atoms with Gasteiger partial charge in [0.25, 0.3) is 5.91 Å². The zero-order valence-electron chi connectivity index (χ0n) is 7.88. The molecule has 0 aromatic carbocycles. The van der Waals surface area contributed by atoms with Crippen LogP contribution in [0.2, 0.25) is 0 Å². The van der Waals surface area contributed by atoms with Gasteiger partial charge in [0.05, 0.1) is 14.4 Å². The summed E-state index contributed by atoms with van der Waals surface area (Å²) in [6, 6.07) is 3.68. The second-order valence-corrected chi connectivity index (χ2v) is 5.58. The lowest BCUT2D eigenvalue weighted by Crippen LogP contribution is -2.24. The fraction of sp³-hybridized carbons (Fsp3) is 0.100. The van der Waals surface area contributed by atoms with Crippen LogP contribution in [-0.2, 0) is 9.59 Å². The lowest BCUT2D eigenvalue weighted by molar-refractivity contribution is -0.143. The highest BCUT2D eigenvalue weighted by atomic mass is 79.9. The third-order valence-electron chi connectivity index (χ3n) is 2.03. The number of rotatable bonds is 2. The molecular weight excluding hydrogens is 294 g/mol. The van der Waals surface area contributed by atoms with Crippen LogP contribution in [0.4, 0.5) is 0 Å². The van der Waals surface area contributed by atoms with Gasteiger partial charge in [0.15, 0.2) is 5.92 Å². The molecule has 82 valence electrons. The first-order valence-corrected chi connectivity index (χ1v) is 5.98. The first-order valence-electron chi connectivity index (χ1n) is 4.37. The monoisotopic (exact) mass is 299 g/mol. The van der Waals surface area contributed by atoms with Crippen LogP contribution >= 0.6 is 27.3 Å². The molecule has 0 saturated heterocycles. The number of amides is 1. The Morgan fingerprint density at radius 1 is 1.50 bits per heavy atom. The normalized spacial score (nSPS) is 19.7. The van der Waals surface area contributed by atoms with Gasteiger partial charge in [-0.3, -0.25) is 9.59 Å². The van der Waals surface area contributed by atoms with E-state index in [4.69, 9.17) is 5.11 Å². The summed E-state index contributed by atoms with van der Waals surface area (Å²) in [4.78, 5) is 26.7. The number of allylic oxidation sites excluding steroid dienone is 1. The number of nitrogens with zero attached hydrogens (tertiary/aromatic N) is 1. The standard InChI is InChI=1S/C10H6BrNO3S/c11-8-4-3-7(16-8)6-2-1-5(10(14)15)9(13)12-6/h1-5H,(H,14,15). The van der Waals surface area contributed by atoms with E-state index in [0.717, 1.165) is 8.66 Å². The van der Waals surface area contributed by atoms with Gasteiger partial charge in [-0.2, -0.15) is 0 Å². The minimum Gasteiger partial charge on any atom is -0.480 e. The number of hydrogen-bond acceptors (Lipinski definition) is 3. The molecule has 1 aliphatic heterocycles. The lowest BCUT2D eigenvalue weighted by Gasteiger charge is -2.08. The van der Waals surface area contributed by atoms with Crippen LogP contribution in [0.25, 0.3) is 0 Å². The molecule has 0 fully saturated rings. The van der Waals surface area contributed by atoms with Crippen molar-refractivity contribution in [2.24, 2.45) is 10.9 Å². The summed E-state index contributed by atoms with van der Waals surface area (Å²) in [5, 5.41) is 8.72. The number of carboxylic acids is 1. The minimum absolute atomic E-state index is 0.512. The zero-order chi connectivity index (χ0) is 11.7. The number of hydrogen-bond donors (Lipinski definition) is 1. The summed E-state index contributed by atoms with van der Waals surface area (Å²) in [6.45, 7) is 0. The van der Waals surface area contributed by atoms with E-state index in [9.17, 15) is 9.59 Å². The predicted molar refractivity (Wildman–Crippen MR) is 63.8 cm³/mol. The van der Waals surface area contributed by atoms with Gasteiger partial charge < -0.3 is 5.11 Å². The molecule has 2 heterocycles. The fourth-order valence-electron chi connectivity index (χ4n) is 1.27. The van der Waals surface area contributed by atoms with Gasteiger partial charge in [-0.15, -0.1) is 11.3 Å². The van der Waals surface area contributed by atoms with Crippen molar-refractivity contribution in [2.75, 3.05) is 0 Å². The molecule has 0 aliphatic carbocycles. The van der Waals surface area contributed by atoms with Gasteiger partial charge in [-0.25, -0.2) is 4.99 Å². The van der Waals surface area contributed by atoms with Crippen LogP contribution in [0.1, 0.15) is 4.88 Å². The Bertz CT molecular complexity index is 518. The quantitative estimate of drug-likeness (QED) is 0.851. The number of thiophene rings is 1. The fourth-order valence-corrected chi connectivity index (χ4v) is 2.63. The molecule has 1 aliphatic rings. The number of dihydropyridines is 1. The Balaban J connectivity index is 2.29. The number of aliphatic carboxylic acids is 1. The predicted octanol–water partition coefficient (Wildman–Crippen LogP) is 2.10. The maximum atomic E-state index is 11.4. The molecule has 16 heavy (non-hydrogen) atoms. The van der Waals surface area contributed by atoms with Crippen LogP contribution in [0.15, 0.2) is 33.1 Å². The highest BCUT2D eigenvalue weighted by Gasteiger charge is 2.26. The molecule has 0 saturated carbocycles. The van der Waals surface area contributed by atoms with Crippen molar-refractivity contribution >= 4 is 44.9 Å². The number of aliphatic imine (C=N–C) groups is 1. The lowest BCUT2D eigenvalue weighted by atomic mass is 10.0. The summed E-state index contributed by atoms with van der Waals surface area (Å²) in [6.07, 6.45) is 2.93. The van der Waals surface area contributed by atoms with E-state index < -0.39 is 17.8 Å². The SMILES string of the molecule is O=C(O)C1C=CC(c2ccc(Br)s2)=NC1=O. The molecular formula is C10H6BrNO3S. The van der Waals surface area contributed by atoms with Crippen LogP contribution in [0.5, 0.6) is 0 Å². The van der Waals surface area contributed by atoms with E-state index in [0.29, 0.717) is 5.71 Å². The van der Waals surface area contributed by atoms with Gasteiger partial charge in [0, 0.05) is 0 Å². The average Bonchev–Trinajstić information content (AvgIpc) is 2.64. The van der Waals surface area contributed by atoms with Gasteiger partial charge in [0.2, 0.25) is 0 Å². The highest BCUT2D eigenvalue weighted by Crippen LogP contribution is 2.24. The maximum Gasteiger partial charge on any atom is 0.320 e. The second-order valence-electron chi connectivity index (χ2n) is 3.11. The number of carbonyl (C=O) groups is 2. The van der Waals surface area contributed by atoms with E-state index in [2.05, 4.69) is 20.9 Å². The third kappa shape index (κ3) is 2.12. The summed E-state index contributed by atoms with van der Waals surface area (Å²) in [7, 11) is 0. The van der Waals surface area contributed by atoms with Crippen LogP contribution in [0, 0.1) is 5.92 Å². The Kier molecular flexibility index (Phi) is 3.02. The second kappa shape index (κ2) is 4.31. The first kappa shape index (κ1) is 11.2. The van der Waals surface area contributed by atoms with Crippen molar-refractivity contribution in [1.29, 1.82) is 0 Å². The van der Waals surface area contributed by atoms with Crippen LogP contribution < -0.4 is 0 Å². The molecule has 0 bridgehead atoms. The van der Waals surface area contributed by atoms with Gasteiger partial charge in [-0.05, 0) is 34.1 Å². The highest BCUT2D eigenvalue weighted by molar-refractivity contribution is 9.11. The van der Waals surface area contributed by atoms with E-state index >= 15 is 0 Å². The minimum atomic E-state index is -1.17.